The van der Waals surface area contributed by atoms with Crippen molar-refractivity contribution in [3.63, 3.8) is 0 Å². The predicted molar refractivity (Wildman–Crippen MR) is 160 cm³/mol. The van der Waals surface area contributed by atoms with E-state index in [-0.39, 0.29) is 17.5 Å². The minimum absolute atomic E-state index is 0.180. The van der Waals surface area contributed by atoms with Crippen molar-refractivity contribution in [2.24, 2.45) is 0 Å². The fourth-order valence-electron chi connectivity index (χ4n) is 5.72. The highest BCUT2D eigenvalue weighted by Gasteiger charge is 2.31. The van der Waals surface area contributed by atoms with Gasteiger partial charge in [0.05, 0.1) is 24.0 Å². The molecule has 2 aliphatic rings. The topological polar surface area (TPSA) is 113 Å². The first-order valence-corrected chi connectivity index (χ1v) is 14.2. The molecule has 41 heavy (non-hydrogen) atoms. The maximum absolute atomic E-state index is 14.4. The van der Waals surface area contributed by atoms with E-state index in [2.05, 4.69) is 23.8 Å². The Morgan fingerprint density at radius 2 is 2.07 bits per heavy atom. The van der Waals surface area contributed by atoms with E-state index in [0.717, 1.165) is 48.0 Å². The number of para-hydroxylation sites is 1. The van der Waals surface area contributed by atoms with E-state index in [9.17, 15) is 14.4 Å². The molecule has 3 aromatic rings. The van der Waals surface area contributed by atoms with E-state index < -0.39 is 0 Å². The van der Waals surface area contributed by atoms with Gasteiger partial charge >= 0.3 is 0 Å². The lowest BCUT2D eigenvalue weighted by molar-refractivity contribution is -0.119. The molecule has 1 unspecified atom stereocenters. The molecular formula is C30H37N7O4. The van der Waals surface area contributed by atoms with E-state index in [4.69, 9.17) is 9.72 Å². The number of nitrogens with one attached hydrogen (secondary N) is 1. The lowest BCUT2D eigenvalue weighted by Gasteiger charge is -2.38. The van der Waals surface area contributed by atoms with Crippen LogP contribution < -0.4 is 20.7 Å². The van der Waals surface area contributed by atoms with E-state index in [1.807, 2.05) is 36.1 Å². The summed E-state index contributed by atoms with van der Waals surface area (Å²) in [6.45, 7) is 11.4. The number of carbonyl (C=O) groups excluding carboxylic acids is 2. The van der Waals surface area contributed by atoms with Crippen LogP contribution in [-0.2, 0) is 14.3 Å². The highest BCUT2D eigenvalue weighted by atomic mass is 16.5. The average molecular weight is 560 g/mol. The van der Waals surface area contributed by atoms with Gasteiger partial charge in [-0.15, -0.1) is 0 Å². The first kappa shape index (κ1) is 28.3. The van der Waals surface area contributed by atoms with Crippen molar-refractivity contribution >= 4 is 46.4 Å². The van der Waals surface area contributed by atoms with Gasteiger partial charge in [0, 0.05) is 50.9 Å². The minimum Gasteiger partial charge on any atom is -0.380 e. The molecule has 2 aliphatic heterocycles. The molecule has 1 atom stereocenters. The van der Waals surface area contributed by atoms with Crippen LogP contribution in [0.1, 0.15) is 37.8 Å². The van der Waals surface area contributed by atoms with Crippen LogP contribution in [0, 0.1) is 6.92 Å². The first-order chi connectivity index (χ1) is 20.0. The minimum atomic E-state index is -0.236. The molecule has 0 radical (unpaired) electrons. The molecule has 11 nitrogen and oxygen atoms in total. The lowest BCUT2D eigenvalue weighted by atomic mass is 10.0. The van der Waals surface area contributed by atoms with Gasteiger partial charge in [-0.25, -0.2) is 4.98 Å². The zero-order chi connectivity index (χ0) is 28.9. The van der Waals surface area contributed by atoms with E-state index in [0.29, 0.717) is 63.2 Å². The number of pyridine rings is 1. The van der Waals surface area contributed by atoms with Crippen molar-refractivity contribution in [2.75, 3.05) is 61.1 Å². The Labute approximate surface area is 239 Å². The summed E-state index contributed by atoms with van der Waals surface area (Å²) in [6, 6.07) is 7.41. The van der Waals surface area contributed by atoms with Crippen LogP contribution >= 0.6 is 0 Å². The molecular weight excluding hydrogens is 522 g/mol. The summed E-state index contributed by atoms with van der Waals surface area (Å²) >= 11 is 0. The van der Waals surface area contributed by atoms with Crippen LogP contribution in [0.2, 0.25) is 0 Å². The van der Waals surface area contributed by atoms with Crippen molar-refractivity contribution in [1.29, 1.82) is 0 Å². The van der Waals surface area contributed by atoms with Gasteiger partial charge in [-0.1, -0.05) is 25.6 Å². The Morgan fingerprint density at radius 1 is 1.22 bits per heavy atom. The number of piperidine rings is 1. The van der Waals surface area contributed by atoms with E-state index >= 15 is 0 Å². The Hall–Kier alpha value is -4.25. The standard InChI is InChI=1S/C30H37N7O4/c1-4-15-41-16-11-31-30-32-18-22-17-25(29(40)37(28(22)33-30)23-9-7-12-34(19-23)20-38)35-13-14-36(26(39)5-2)27-21(3)8-6-10-24(27)35/h5-6,8,10,17-18,20,23H,2,4,7,9,11-16,19H2,1,3H3,(H,31,32,33). The molecule has 0 aliphatic carbocycles. The van der Waals surface area contributed by atoms with E-state index in [1.54, 1.807) is 20.6 Å². The number of fused-ring (bicyclic) bond motifs is 2. The van der Waals surface area contributed by atoms with Crippen molar-refractivity contribution in [1.82, 2.24) is 19.4 Å². The monoisotopic (exact) mass is 559 g/mol. The number of likely N-dealkylation sites (tertiary alicyclic amines) is 1. The Bertz CT molecular complexity index is 1500. The quantitative estimate of drug-likeness (QED) is 0.229. The summed E-state index contributed by atoms with van der Waals surface area (Å²) < 4.78 is 7.29. The third kappa shape index (κ3) is 5.67. The number of rotatable bonds is 10. The van der Waals surface area contributed by atoms with Crippen LogP contribution in [0.4, 0.5) is 23.0 Å². The number of hydrogen-bond donors (Lipinski definition) is 1. The third-order valence-corrected chi connectivity index (χ3v) is 7.63. The van der Waals surface area contributed by atoms with Crippen LogP contribution in [-0.4, -0.2) is 77.7 Å². The van der Waals surface area contributed by atoms with Crippen molar-refractivity contribution in [3.8, 4) is 0 Å². The number of amides is 2. The van der Waals surface area contributed by atoms with Gasteiger partial charge in [-0.2, -0.15) is 4.98 Å². The molecule has 2 amide bonds. The highest BCUT2D eigenvalue weighted by molar-refractivity contribution is 6.05. The van der Waals surface area contributed by atoms with Crippen molar-refractivity contribution in [2.45, 2.75) is 39.2 Å². The van der Waals surface area contributed by atoms with Crippen LogP contribution in [0.25, 0.3) is 11.0 Å². The molecule has 0 saturated carbocycles. The number of anilines is 4. The molecule has 0 spiro atoms. The summed E-state index contributed by atoms with van der Waals surface area (Å²) in [5, 5.41) is 3.92. The molecule has 1 saturated heterocycles. The number of hydrogen-bond acceptors (Lipinski definition) is 8. The molecule has 4 heterocycles. The summed E-state index contributed by atoms with van der Waals surface area (Å²) in [5.74, 6) is 0.236. The molecule has 1 fully saturated rings. The lowest BCUT2D eigenvalue weighted by Crippen LogP contribution is -2.45. The fraction of sp³-hybridized carbons (Fsp3) is 0.433. The van der Waals surface area contributed by atoms with Gasteiger partial charge in [0.25, 0.3) is 11.5 Å². The summed E-state index contributed by atoms with van der Waals surface area (Å²) in [6.07, 6.45) is 6.37. The number of benzene rings is 1. The number of aryl methyl sites for hydroxylation is 1. The summed E-state index contributed by atoms with van der Waals surface area (Å²) in [7, 11) is 0. The zero-order valence-electron chi connectivity index (χ0n) is 23.7. The highest BCUT2D eigenvalue weighted by Crippen LogP contribution is 2.40. The summed E-state index contributed by atoms with van der Waals surface area (Å²) in [4.78, 5) is 53.5. The molecule has 1 N–H and O–H groups in total. The smallest absolute Gasteiger partial charge is 0.276 e. The number of nitrogens with zero attached hydrogens (tertiary/aromatic N) is 6. The van der Waals surface area contributed by atoms with Crippen molar-refractivity contribution < 1.29 is 14.3 Å². The fourth-order valence-corrected chi connectivity index (χ4v) is 5.72. The van der Waals surface area contributed by atoms with E-state index in [1.165, 1.54) is 6.08 Å². The van der Waals surface area contributed by atoms with Gasteiger partial charge in [0.15, 0.2) is 0 Å². The SMILES string of the molecule is C=CC(=O)N1CCN(c2cc3cnc(NCCOCCC)nc3n(C3CCCN(C=O)C3)c2=O)c2cccc(C)c21. The second-order valence-electron chi connectivity index (χ2n) is 10.4. The average Bonchev–Trinajstić information content (AvgIpc) is 3.00. The second-order valence-corrected chi connectivity index (χ2v) is 10.4. The molecule has 1 aromatic carbocycles. The van der Waals surface area contributed by atoms with Crippen LogP contribution in [0.15, 0.2) is 47.9 Å². The van der Waals surface area contributed by atoms with Gasteiger partial charge < -0.3 is 24.8 Å². The summed E-state index contributed by atoms with van der Waals surface area (Å²) in [5.41, 5.74) is 3.28. The number of ether oxygens (including phenoxy) is 1. The molecule has 0 bridgehead atoms. The van der Waals surface area contributed by atoms with Crippen LogP contribution in [0.5, 0.6) is 0 Å². The number of aromatic nitrogens is 3. The first-order valence-electron chi connectivity index (χ1n) is 14.2. The molecule has 216 valence electrons. The molecule has 5 rings (SSSR count). The third-order valence-electron chi connectivity index (χ3n) is 7.63. The zero-order valence-corrected chi connectivity index (χ0v) is 23.7. The maximum atomic E-state index is 14.4. The Kier molecular flexibility index (Phi) is 8.63. The van der Waals surface area contributed by atoms with Crippen molar-refractivity contribution in [3.05, 3.63) is 59.0 Å². The number of carbonyl (C=O) groups is 2. The normalized spacial score (nSPS) is 16.9. The Morgan fingerprint density at radius 3 is 2.85 bits per heavy atom. The molecule has 11 heteroatoms. The Balaban J connectivity index is 1.61. The van der Waals surface area contributed by atoms with Gasteiger partial charge in [-0.05, 0) is 50.0 Å². The maximum Gasteiger partial charge on any atom is 0.276 e. The second kappa shape index (κ2) is 12.5. The molecule has 2 aromatic heterocycles. The largest absolute Gasteiger partial charge is 0.380 e. The van der Waals surface area contributed by atoms with Crippen LogP contribution in [0.3, 0.4) is 0 Å². The predicted octanol–water partition coefficient (Wildman–Crippen LogP) is 3.40. The van der Waals surface area contributed by atoms with Gasteiger partial charge in [0.1, 0.15) is 11.3 Å². The van der Waals surface area contributed by atoms with Gasteiger partial charge in [-0.3, -0.25) is 19.0 Å². The van der Waals surface area contributed by atoms with Gasteiger partial charge in [0.2, 0.25) is 12.4 Å².